The van der Waals surface area contributed by atoms with Crippen LogP contribution in [0.2, 0.25) is 0 Å². The van der Waals surface area contributed by atoms with Gasteiger partial charge < -0.3 is 15.5 Å². The van der Waals surface area contributed by atoms with E-state index in [2.05, 4.69) is 38.2 Å². The van der Waals surface area contributed by atoms with Crippen molar-refractivity contribution in [2.24, 2.45) is 5.73 Å². The number of nitrogens with one attached hydrogen (secondary N) is 1. The van der Waals surface area contributed by atoms with Crippen LogP contribution in [0.25, 0.3) is 0 Å². The van der Waals surface area contributed by atoms with E-state index in [9.17, 15) is 4.79 Å². The lowest BCUT2D eigenvalue weighted by atomic mass is 10.0. The van der Waals surface area contributed by atoms with Gasteiger partial charge in [0.05, 0.1) is 11.9 Å². The molecule has 0 saturated carbocycles. The van der Waals surface area contributed by atoms with Crippen LogP contribution in [0.3, 0.4) is 0 Å². The molecule has 1 aromatic carbocycles. The number of hydrogen-bond acceptors (Lipinski definition) is 5. The van der Waals surface area contributed by atoms with Gasteiger partial charge in [-0.1, -0.05) is 12.1 Å². The molecule has 126 valence electrons. The first-order valence-corrected chi connectivity index (χ1v) is 8.54. The minimum atomic E-state index is -0.120. The quantitative estimate of drug-likeness (QED) is 0.875. The smallest absolute Gasteiger partial charge is 0.269 e. The summed E-state index contributed by atoms with van der Waals surface area (Å²) in [6.07, 6.45) is 4.00. The molecule has 0 bridgehead atoms. The van der Waals surface area contributed by atoms with Crippen molar-refractivity contribution in [3.8, 4) is 0 Å². The normalized spacial score (nSPS) is 20.3. The Morgan fingerprint density at radius 2 is 2.12 bits per heavy atom. The molecule has 1 fully saturated rings. The Labute approximate surface area is 141 Å². The van der Waals surface area contributed by atoms with E-state index in [1.165, 1.54) is 16.8 Å². The standard InChI is InChI=1S/C18H23N5O/c1-12-17(8-20-21-18(12)24)23-9-13-4-2-6-16(15(13)11-23)22-7-3-5-14(19)10-22/h2,4,6,8,14H,3,5,7,9-11,19H2,1H3,(H,21,24). The van der Waals surface area contributed by atoms with Crippen LogP contribution in [0.15, 0.2) is 29.2 Å². The molecule has 3 heterocycles. The van der Waals surface area contributed by atoms with Crippen LogP contribution in [-0.2, 0) is 13.1 Å². The maximum absolute atomic E-state index is 11.9. The molecule has 1 unspecified atom stereocenters. The molecule has 1 saturated heterocycles. The Kier molecular flexibility index (Phi) is 3.76. The second kappa shape index (κ2) is 5.94. The summed E-state index contributed by atoms with van der Waals surface area (Å²) < 4.78 is 0. The molecule has 6 nitrogen and oxygen atoms in total. The Morgan fingerprint density at radius 3 is 2.96 bits per heavy atom. The summed E-state index contributed by atoms with van der Waals surface area (Å²) in [5, 5.41) is 6.47. The zero-order chi connectivity index (χ0) is 16.7. The Morgan fingerprint density at radius 1 is 1.25 bits per heavy atom. The van der Waals surface area contributed by atoms with E-state index in [1.807, 2.05) is 6.92 Å². The molecule has 3 N–H and O–H groups in total. The lowest BCUT2D eigenvalue weighted by Gasteiger charge is -2.34. The number of rotatable bonds is 2. The third-order valence-corrected chi connectivity index (χ3v) is 5.18. The number of hydrogen-bond donors (Lipinski definition) is 2. The number of aromatic amines is 1. The molecule has 2 aromatic rings. The molecule has 2 aliphatic heterocycles. The van der Waals surface area contributed by atoms with Crippen molar-refractivity contribution in [2.45, 2.75) is 38.9 Å². The van der Waals surface area contributed by atoms with Gasteiger partial charge in [0, 0.05) is 43.5 Å². The van der Waals surface area contributed by atoms with Gasteiger partial charge in [-0.15, -0.1) is 0 Å². The SMILES string of the molecule is Cc1c(N2Cc3cccc(N4CCCC(N)C4)c3C2)cn[nH]c1=O. The first kappa shape index (κ1) is 15.2. The van der Waals surface area contributed by atoms with Crippen LogP contribution in [0.4, 0.5) is 11.4 Å². The number of nitrogens with zero attached hydrogens (tertiary/aromatic N) is 3. The highest BCUT2D eigenvalue weighted by atomic mass is 16.1. The highest BCUT2D eigenvalue weighted by Crippen LogP contribution is 2.35. The topological polar surface area (TPSA) is 78.2 Å². The van der Waals surface area contributed by atoms with Crippen LogP contribution >= 0.6 is 0 Å². The average Bonchev–Trinajstić information content (AvgIpc) is 3.01. The lowest BCUT2D eigenvalue weighted by molar-refractivity contribution is 0.505. The summed E-state index contributed by atoms with van der Waals surface area (Å²) in [6, 6.07) is 6.76. The molecule has 1 aromatic heterocycles. The fourth-order valence-corrected chi connectivity index (χ4v) is 3.87. The Hall–Kier alpha value is -2.34. The molecule has 6 heteroatoms. The van der Waals surface area contributed by atoms with Gasteiger partial charge in [-0.2, -0.15) is 5.10 Å². The van der Waals surface area contributed by atoms with E-state index < -0.39 is 0 Å². The molecule has 1 atom stereocenters. The predicted molar refractivity (Wildman–Crippen MR) is 95.3 cm³/mol. The van der Waals surface area contributed by atoms with Crippen LogP contribution in [0, 0.1) is 6.92 Å². The fraction of sp³-hybridized carbons (Fsp3) is 0.444. The third kappa shape index (κ3) is 2.57. The number of H-pyrrole nitrogens is 1. The molecule has 0 radical (unpaired) electrons. The van der Waals surface area contributed by atoms with E-state index in [-0.39, 0.29) is 11.6 Å². The average molecular weight is 325 g/mol. The van der Waals surface area contributed by atoms with Gasteiger partial charge in [-0.25, -0.2) is 5.10 Å². The second-order valence-corrected chi connectivity index (χ2v) is 6.83. The second-order valence-electron chi connectivity index (χ2n) is 6.83. The molecule has 4 rings (SSSR count). The summed E-state index contributed by atoms with van der Waals surface area (Å²) in [7, 11) is 0. The highest BCUT2D eigenvalue weighted by molar-refractivity contribution is 5.64. The minimum absolute atomic E-state index is 0.120. The van der Waals surface area contributed by atoms with Crippen molar-refractivity contribution in [2.75, 3.05) is 22.9 Å². The maximum Gasteiger partial charge on any atom is 0.269 e. The molecule has 24 heavy (non-hydrogen) atoms. The van der Waals surface area contributed by atoms with Crippen molar-refractivity contribution in [3.05, 3.63) is 51.4 Å². The van der Waals surface area contributed by atoms with Crippen molar-refractivity contribution >= 4 is 11.4 Å². The molecular formula is C18H23N5O. The maximum atomic E-state index is 11.9. The van der Waals surface area contributed by atoms with Crippen molar-refractivity contribution < 1.29 is 0 Å². The van der Waals surface area contributed by atoms with Gasteiger partial charge >= 0.3 is 0 Å². The summed E-state index contributed by atoms with van der Waals surface area (Å²) in [4.78, 5) is 16.5. The van der Waals surface area contributed by atoms with Gasteiger partial charge in [-0.05, 0) is 37.0 Å². The van der Waals surface area contributed by atoms with Crippen LogP contribution < -0.4 is 21.1 Å². The fourth-order valence-electron chi connectivity index (χ4n) is 3.87. The van der Waals surface area contributed by atoms with E-state index in [0.29, 0.717) is 0 Å². The lowest BCUT2D eigenvalue weighted by Crippen LogP contribution is -2.43. The predicted octanol–water partition coefficient (Wildman–Crippen LogP) is 1.53. The van der Waals surface area contributed by atoms with Crippen molar-refractivity contribution in [3.63, 3.8) is 0 Å². The van der Waals surface area contributed by atoms with E-state index >= 15 is 0 Å². The Bertz CT molecular complexity index is 815. The molecular weight excluding hydrogens is 302 g/mol. The van der Waals surface area contributed by atoms with Crippen LogP contribution in [0.1, 0.15) is 29.5 Å². The summed E-state index contributed by atoms with van der Waals surface area (Å²) >= 11 is 0. The van der Waals surface area contributed by atoms with Crippen molar-refractivity contribution in [1.82, 2.24) is 10.2 Å². The molecule has 0 spiro atoms. The summed E-state index contributed by atoms with van der Waals surface area (Å²) in [6.45, 7) is 5.46. The van der Waals surface area contributed by atoms with Crippen LogP contribution in [-0.4, -0.2) is 29.3 Å². The number of anilines is 2. The third-order valence-electron chi connectivity index (χ3n) is 5.18. The van der Waals surface area contributed by atoms with Gasteiger partial charge in [0.2, 0.25) is 0 Å². The summed E-state index contributed by atoms with van der Waals surface area (Å²) in [5.41, 5.74) is 11.6. The Balaban J connectivity index is 1.66. The van der Waals surface area contributed by atoms with Crippen molar-refractivity contribution in [1.29, 1.82) is 0 Å². The molecule has 0 aliphatic carbocycles. The van der Waals surface area contributed by atoms with Gasteiger partial charge in [0.15, 0.2) is 0 Å². The summed E-state index contributed by atoms with van der Waals surface area (Å²) in [5.74, 6) is 0. The molecule has 0 amide bonds. The number of benzene rings is 1. The number of piperidine rings is 1. The van der Waals surface area contributed by atoms with Gasteiger partial charge in [0.1, 0.15) is 0 Å². The zero-order valence-electron chi connectivity index (χ0n) is 14.0. The van der Waals surface area contributed by atoms with E-state index in [4.69, 9.17) is 5.73 Å². The number of aromatic nitrogens is 2. The number of fused-ring (bicyclic) bond motifs is 1. The van der Waals surface area contributed by atoms with Gasteiger partial charge in [0.25, 0.3) is 5.56 Å². The van der Waals surface area contributed by atoms with Gasteiger partial charge in [-0.3, -0.25) is 4.79 Å². The molecule has 2 aliphatic rings. The van der Waals surface area contributed by atoms with E-state index in [0.717, 1.165) is 50.3 Å². The number of nitrogens with two attached hydrogens (primary N) is 1. The highest BCUT2D eigenvalue weighted by Gasteiger charge is 2.27. The minimum Gasteiger partial charge on any atom is -0.370 e. The van der Waals surface area contributed by atoms with E-state index in [1.54, 1.807) is 6.20 Å². The zero-order valence-corrected chi connectivity index (χ0v) is 14.0. The largest absolute Gasteiger partial charge is 0.370 e. The first-order valence-electron chi connectivity index (χ1n) is 8.54. The monoisotopic (exact) mass is 325 g/mol. The van der Waals surface area contributed by atoms with Crippen LogP contribution in [0.5, 0.6) is 0 Å². The first-order chi connectivity index (χ1) is 11.6.